The highest BCUT2D eigenvalue weighted by Gasteiger charge is 2.38. The Morgan fingerprint density at radius 3 is 2.81 bits per heavy atom. The molecule has 2 heterocycles. The van der Waals surface area contributed by atoms with Crippen LogP contribution in [0.4, 0.5) is 5.82 Å². The first-order chi connectivity index (χ1) is 7.39. The van der Waals surface area contributed by atoms with Gasteiger partial charge in [-0.1, -0.05) is 6.07 Å². The fraction of sp³-hybridized carbons (Fsp3) is 0.500. The minimum absolute atomic E-state index is 0.175. The molecule has 6 heteroatoms. The molecule has 1 aliphatic heterocycles. The maximum Gasteiger partial charge on any atom is 0.152 e. The van der Waals surface area contributed by atoms with Gasteiger partial charge in [0.1, 0.15) is 10.4 Å². The van der Waals surface area contributed by atoms with E-state index in [1.807, 2.05) is 25.1 Å². The molecule has 0 bridgehead atoms. The zero-order chi connectivity index (χ0) is 11.8. The summed E-state index contributed by atoms with van der Waals surface area (Å²) in [5.74, 6) is 1.13. The highest BCUT2D eigenvalue weighted by Crippen LogP contribution is 2.27. The SMILES string of the molecule is CC1(Nc2cccc(Br)n2)CCS(=O)(=O)C1. The van der Waals surface area contributed by atoms with Crippen LogP contribution >= 0.6 is 15.9 Å². The lowest BCUT2D eigenvalue weighted by molar-refractivity contribution is 0.572. The molecule has 0 amide bonds. The molecule has 1 aromatic heterocycles. The van der Waals surface area contributed by atoms with Gasteiger partial charge in [0.2, 0.25) is 0 Å². The van der Waals surface area contributed by atoms with Crippen molar-refractivity contribution in [1.82, 2.24) is 4.98 Å². The van der Waals surface area contributed by atoms with Crippen LogP contribution in [-0.4, -0.2) is 30.4 Å². The van der Waals surface area contributed by atoms with E-state index in [1.165, 1.54) is 0 Å². The number of rotatable bonds is 2. The number of aromatic nitrogens is 1. The summed E-state index contributed by atoms with van der Waals surface area (Å²) in [6.07, 6.45) is 0.628. The highest BCUT2D eigenvalue weighted by atomic mass is 79.9. The minimum Gasteiger partial charge on any atom is -0.364 e. The summed E-state index contributed by atoms with van der Waals surface area (Å²) in [5.41, 5.74) is -0.396. The van der Waals surface area contributed by atoms with Crippen LogP contribution in [-0.2, 0) is 9.84 Å². The quantitative estimate of drug-likeness (QED) is 0.847. The van der Waals surface area contributed by atoms with Gasteiger partial charge in [-0.15, -0.1) is 0 Å². The van der Waals surface area contributed by atoms with Crippen molar-refractivity contribution >= 4 is 31.6 Å². The Kier molecular flexibility index (Phi) is 2.96. The number of sulfone groups is 1. The predicted octanol–water partition coefficient (Wildman–Crippen LogP) is 1.83. The van der Waals surface area contributed by atoms with Crippen molar-refractivity contribution in [2.45, 2.75) is 18.9 Å². The van der Waals surface area contributed by atoms with Gasteiger partial charge in [0.25, 0.3) is 0 Å². The van der Waals surface area contributed by atoms with Crippen molar-refractivity contribution in [3.05, 3.63) is 22.8 Å². The lowest BCUT2D eigenvalue weighted by Gasteiger charge is -2.24. The molecule has 2 rings (SSSR count). The number of hydrogen-bond donors (Lipinski definition) is 1. The van der Waals surface area contributed by atoms with Crippen LogP contribution in [0.1, 0.15) is 13.3 Å². The molecule has 4 nitrogen and oxygen atoms in total. The summed E-state index contributed by atoms with van der Waals surface area (Å²) in [5, 5.41) is 3.19. The Morgan fingerprint density at radius 1 is 1.50 bits per heavy atom. The Hall–Kier alpha value is -0.620. The standard InChI is InChI=1S/C10H13BrN2O2S/c1-10(5-6-16(14,15)7-10)13-9-4-2-3-8(11)12-9/h2-4H,5-7H2,1H3,(H,12,13). The fourth-order valence-electron chi connectivity index (χ4n) is 1.90. The molecular formula is C10H13BrN2O2S. The molecule has 1 N–H and O–H groups in total. The molecule has 1 aromatic rings. The van der Waals surface area contributed by atoms with Crippen LogP contribution in [0.25, 0.3) is 0 Å². The molecule has 1 saturated heterocycles. The Balaban J connectivity index is 2.16. The molecule has 88 valence electrons. The summed E-state index contributed by atoms with van der Waals surface area (Å²) in [6, 6.07) is 5.53. The second-order valence-electron chi connectivity index (χ2n) is 4.37. The molecule has 0 aromatic carbocycles. The molecule has 1 atom stereocenters. The van der Waals surface area contributed by atoms with Crippen LogP contribution in [0, 0.1) is 0 Å². The Morgan fingerprint density at radius 2 is 2.25 bits per heavy atom. The van der Waals surface area contributed by atoms with E-state index in [1.54, 1.807) is 0 Å². The molecule has 0 saturated carbocycles. The zero-order valence-electron chi connectivity index (χ0n) is 8.90. The third-order valence-corrected chi connectivity index (χ3v) is 4.99. The smallest absolute Gasteiger partial charge is 0.152 e. The number of anilines is 1. The minimum atomic E-state index is -2.89. The van der Waals surface area contributed by atoms with Gasteiger partial charge < -0.3 is 5.32 Å². The summed E-state index contributed by atoms with van der Waals surface area (Å²) in [7, 11) is -2.89. The molecule has 0 spiro atoms. The normalized spacial score (nSPS) is 27.9. The maximum absolute atomic E-state index is 11.4. The fourth-order valence-corrected chi connectivity index (χ4v) is 4.33. The van der Waals surface area contributed by atoms with Crippen molar-refractivity contribution in [2.75, 3.05) is 16.8 Å². The van der Waals surface area contributed by atoms with Crippen molar-refractivity contribution < 1.29 is 8.42 Å². The van der Waals surface area contributed by atoms with E-state index in [2.05, 4.69) is 26.2 Å². The Labute approximate surface area is 104 Å². The van der Waals surface area contributed by atoms with Crippen LogP contribution in [0.5, 0.6) is 0 Å². The summed E-state index contributed by atoms with van der Waals surface area (Å²) in [4.78, 5) is 4.24. The van der Waals surface area contributed by atoms with Gasteiger partial charge in [-0.25, -0.2) is 13.4 Å². The average Bonchev–Trinajstić information content (AvgIpc) is 2.40. The molecule has 0 radical (unpaired) electrons. The van der Waals surface area contributed by atoms with E-state index in [4.69, 9.17) is 0 Å². The number of nitrogens with one attached hydrogen (secondary N) is 1. The van der Waals surface area contributed by atoms with Gasteiger partial charge in [0.05, 0.1) is 17.0 Å². The maximum atomic E-state index is 11.4. The second-order valence-corrected chi connectivity index (χ2v) is 7.37. The first-order valence-electron chi connectivity index (χ1n) is 5.00. The zero-order valence-corrected chi connectivity index (χ0v) is 11.3. The van der Waals surface area contributed by atoms with Gasteiger partial charge in [-0.05, 0) is 41.4 Å². The topological polar surface area (TPSA) is 59.1 Å². The van der Waals surface area contributed by atoms with Crippen LogP contribution < -0.4 is 5.32 Å². The highest BCUT2D eigenvalue weighted by molar-refractivity contribution is 9.10. The molecule has 1 unspecified atom stereocenters. The largest absolute Gasteiger partial charge is 0.364 e. The third-order valence-electron chi connectivity index (χ3n) is 2.65. The number of halogens is 1. The summed E-state index contributed by atoms with van der Waals surface area (Å²) >= 11 is 3.28. The van der Waals surface area contributed by atoms with E-state index in [-0.39, 0.29) is 11.5 Å². The molecule has 1 fully saturated rings. The number of pyridine rings is 1. The third kappa shape index (κ3) is 2.74. The molecule has 1 aliphatic rings. The van der Waals surface area contributed by atoms with Crippen LogP contribution in [0.3, 0.4) is 0 Å². The number of nitrogens with zero attached hydrogens (tertiary/aromatic N) is 1. The summed E-state index contributed by atoms with van der Waals surface area (Å²) < 4.78 is 23.6. The van der Waals surface area contributed by atoms with E-state index in [0.717, 1.165) is 4.60 Å². The lowest BCUT2D eigenvalue weighted by atomic mass is 10.0. The first-order valence-corrected chi connectivity index (χ1v) is 7.61. The first kappa shape index (κ1) is 11.9. The van der Waals surface area contributed by atoms with Crippen molar-refractivity contribution in [1.29, 1.82) is 0 Å². The molecule has 0 aliphatic carbocycles. The van der Waals surface area contributed by atoms with E-state index >= 15 is 0 Å². The monoisotopic (exact) mass is 304 g/mol. The number of hydrogen-bond acceptors (Lipinski definition) is 4. The van der Waals surface area contributed by atoms with Crippen LogP contribution in [0.2, 0.25) is 0 Å². The Bertz CT molecular complexity index is 503. The predicted molar refractivity (Wildman–Crippen MR) is 67.2 cm³/mol. The summed E-state index contributed by atoms with van der Waals surface area (Å²) in [6.45, 7) is 1.92. The van der Waals surface area contributed by atoms with Crippen LogP contribution in [0.15, 0.2) is 22.8 Å². The second kappa shape index (κ2) is 4.00. The van der Waals surface area contributed by atoms with Crippen molar-refractivity contribution in [3.63, 3.8) is 0 Å². The molecule has 16 heavy (non-hydrogen) atoms. The van der Waals surface area contributed by atoms with Gasteiger partial charge in [-0.3, -0.25) is 0 Å². The van der Waals surface area contributed by atoms with E-state index < -0.39 is 15.4 Å². The van der Waals surface area contributed by atoms with E-state index in [0.29, 0.717) is 12.2 Å². The lowest BCUT2D eigenvalue weighted by Crippen LogP contribution is -2.36. The average molecular weight is 305 g/mol. The van der Waals surface area contributed by atoms with E-state index in [9.17, 15) is 8.42 Å². The van der Waals surface area contributed by atoms with Gasteiger partial charge in [0.15, 0.2) is 9.84 Å². The van der Waals surface area contributed by atoms with Gasteiger partial charge in [0, 0.05) is 0 Å². The van der Waals surface area contributed by atoms with Gasteiger partial charge in [-0.2, -0.15) is 0 Å². The van der Waals surface area contributed by atoms with Gasteiger partial charge >= 0.3 is 0 Å². The van der Waals surface area contributed by atoms with Crippen molar-refractivity contribution in [3.8, 4) is 0 Å². The van der Waals surface area contributed by atoms with Crippen molar-refractivity contribution in [2.24, 2.45) is 0 Å². The molecular weight excluding hydrogens is 292 g/mol.